The summed E-state index contributed by atoms with van der Waals surface area (Å²) in [5.74, 6) is 1.72. The molecule has 10 heteroatoms. The molecule has 0 radical (unpaired) electrons. The molecule has 2 aliphatic rings. The zero-order chi connectivity index (χ0) is 23.2. The molecule has 1 aromatic carbocycles. The fourth-order valence-electron chi connectivity index (χ4n) is 4.99. The van der Waals surface area contributed by atoms with Gasteiger partial charge in [-0.1, -0.05) is 12.1 Å². The topological polar surface area (TPSA) is 71.7 Å². The number of benzene rings is 1. The van der Waals surface area contributed by atoms with Crippen molar-refractivity contribution in [2.24, 2.45) is 0 Å². The lowest BCUT2D eigenvalue weighted by atomic mass is 10.1. The van der Waals surface area contributed by atoms with Crippen molar-refractivity contribution in [1.82, 2.24) is 24.6 Å². The molecule has 0 unspecified atom stereocenters. The smallest absolute Gasteiger partial charge is 0.160 e. The second kappa shape index (κ2) is 9.54. The van der Waals surface area contributed by atoms with Crippen LogP contribution in [0.15, 0.2) is 36.4 Å². The summed E-state index contributed by atoms with van der Waals surface area (Å²) in [5.41, 5.74) is 4.71. The largest absolute Gasteiger partial charge is 0.381 e. The first-order valence-corrected chi connectivity index (χ1v) is 11.9. The van der Waals surface area contributed by atoms with E-state index >= 15 is 0 Å². The average Bonchev–Trinajstić information content (AvgIpc) is 3.49. The number of alkyl halides is 1. The lowest BCUT2D eigenvalue weighted by Gasteiger charge is -2.33. The molecule has 0 amide bonds. The standard InChI is InChI=1S/C25H28FN7O.ClH/c1-16-25(28-20-6-4-3-5-19(20)27-16)21-13-23-29-22(32-10-7-17(26)15-32)14-24(33(23)30-21)31(2)18-8-11-34-12-9-18;/h3-6,13-14,17-18H,7-12,15H2,1-2H3;1H/t17-;/m1./s1. The van der Waals surface area contributed by atoms with Crippen LogP contribution in [0.1, 0.15) is 25.0 Å². The van der Waals surface area contributed by atoms with Gasteiger partial charge in [0.2, 0.25) is 0 Å². The van der Waals surface area contributed by atoms with E-state index in [1.807, 2.05) is 52.7 Å². The van der Waals surface area contributed by atoms with Gasteiger partial charge in [-0.15, -0.1) is 12.4 Å². The second-order valence-corrected chi connectivity index (χ2v) is 9.20. The molecule has 184 valence electrons. The molecular formula is C25H29ClFN7O. The molecule has 4 aromatic rings. The van der Waals surface area contributed by atoms with Gasteiger partial charge in [0.15, 0.2) is 5.65 Å². The first-order valence-electron chi connectivity index (χ1n) is 11.9. The Bertz CT molecular complexity index is 1360. The molecule has 3 aromatic heterocycles. The number of anilines is 2. The van der Waals surface area contributed by atoms with Crippen LogP contribution in [-0.2, 0) is 4.74 Å². The predicted molar refractivity (Wildman–Crippen MR) is 137 cm³/mol. The van der Waals surface area contributed by atoms with Crippen molar-refractivity contribution in [3.05, 3.63) is 42.1 Å². The van der Waals surface area contributed by atoms with Gasteiger partial charge in [-0.25, -0.2) is 19.3 Å². The Labute approximate surface area is 209 Å². The second-order valence-electron chi connectivity index (χ2n) is 9.20. The molecular weight excluding hydrogens is 469 g/mol. The molecule has 5 heterocycles. The van der Waals surface area contributed by atoms with E-state index in [0.717, 1.165) is 71.5 Å². The van der Waals surface area contributed by atoms with Crippen LogP contribution >= 0.6 is 12.4 Å². The minimum absolute atomic E-state index is 0. The molecule has 0 spiro atoms. The van der Waals surface area contributed by atoms with E-state index in [0.29, 0.717) is 25.6 Å². The van der Waals surface area contributed by atoms with Crippen LogP contribution in [0.25, 0.3) is 28.1 Å². The van der Waals surface area contributed by atoms with Crippen LogP contribution in [0.5, 0.6) is 0 Å². The molecule has 6 rings (SSSR count). The monoisotopic (exact) mass is 497 g/mol. The van der Waals surface area contributed by atoms with Crippen molar-refractivity contribution in [2.75, 3.05) is 43.2 Å². The first kappa shape index (κ1) is 23.7. The highest BCUT2D eigenvalue weighted by molar-refractivity contribution is 5.85. The van der Waals surface area contributed by atoms with Crippen molar-refractivity contribution in [3.8, 4) is 11.4 Å². The van der Waals surface area contributed by atoms with E-state index in [4.69, 9.17) is 24.8 Å². The predicted octanol–water partition coefficient (Wildman–Crippen LogP) is 4.23. The van der Waals surface area contributed by atoms with Gasteiger partial charge in [-0.2, -0.15) is 9.61 Å². The number of halogens is 2. The summed E-state index contributed by atoms with van der Waals surface area (Å²) in [6, 6.07) is 12.2. The Morgan fingerprint density at radius 3 is 2.49 bits per heavy atom. The van der Waals surface area contributed by atoms with E-state index in [2.05, 4.69) is 11.9 Å². The maximum absolute atomic E-state index is 14.0. The summed E-state index contributed by atoms with van der Waals surface area (Å²) in [5, 5.41) is 4.94. The van der Waals surface area contributed by atoms with Crippen LogP contribution in [0.3, 0.4) is 0 Å². The minimum atomic E-state index is -0.814. The molecule has 0 saturated carbocycles. The van der Waals surface area contributed by atoms with Gasteiger partial charge < -0.3 is 14.5 Å². The van der Waals surface area contributed by atoms with Gasteiger partial charge in [-0.3, -0.25) is 0 Å². The SMILES string of the molecule is Cc1nc2ccccc2nc1-c1cc2nc(N3CC[C@@H](F)C3)cc(N(C)C3CCOCC3)n2n1.Cl. The summed E-state index contributed by atoms with van der Waals surface area (Å²) >= 11 is 0. The molecule has 35 heavy (non-hydrogen) atoms. The van der Waals surface area contributed by atoms with E-state index < -0.39 is 6.17 Å². The number of hydrogen-bond donors (Lipinski definition) is 0. The highest BCUT2D eigenvalue weighted by atomic mass is 35.5. The molecule has 2 saturated heterocycles. The summed E-state index contributed by atoms with van der Waals surface area (Å²) in [4.78, 5) is 18.8. The van der Waals surface area contributed by atoms with Crippen molar-refractivity contribution in [2.45, 2.75) is 38.4 Å². The zero-order valence-electron chi connectivity index (χ0n) is 19.9. The van der Waals surface area contributed by atoms with Crippen LogP contribution in [0.2, 0.25) is 0 Å². The summed E-state index contributed by atoms with van der Waals surface area (Å²) in [6.07, 6.45) is 1.63. The van der Waals surface area contributed by atoms with Crippen LogP contribution < -0.4 is 9.80 Å². The molecule has 1 atom stereocenters. The Kier molecular flexibility index (Phi) is 6.46. The fourth-order valence-corrected chi connectivity index (χ4v) is 4.99. The summed E-state index contributed by atoms with van der Waals surface area (Å²) in [7, 11) is 2.10. The molecule has 8 nitrogen and oxygen atoms in total. The van der Waals surface area contributed by atoms with Crippen LogP contribution in [0.4, 0.5) is 16.0 Å². The average molecular weight is 498 g/mol. The van der Waals surface area contributed by atoms with Gasteiger partial charge >= 0.3 is 0 Å². The lowest BCUT2D eigenvalue weighted by Crippen LogP contribution is -2.38. The fraction of sp³-hybridized carbons (Fsp3) is 0.440. The molecule has 0 bridgehead atoms. The molecule has 2 aliphatic heterocycles. The van der Waals surface area contributed by atoms with Crippen molar-refractivity contribution < 1.29 is 9.13 Å². The number of rotatable bonds is 4. The number of aryl methyl sites for hydroxylation is 1. The van der Waals surface area contributed by atoms with Gasteiger partial charge in [-0.05, 0) is 38.3 Å². The van der Waals surface area contributed by atoms with E-state index in [1.165, 1.54) is 0 Å². The van der Waals surface area contributed by atoms with Gasteiger partial charge in [0.1, 0.15) is 29.2 Å². The van der Waals surface area contributed by atoms with Gasteiger partial charge in [0.25, 0.3) is 0 Å². The number of nitrogens with zero attached hydrogens (tertiary/aromatic N) is 7. The maximum atomic E-state index is 14.0. The van der Waals surface area contributed by atoms with Crippen molar-refractivity contribution >= 4 is 40.7 Å². The number of para-hydroxylation sites is 2. The minimum Gasteiger partial charge on any atom is -0.381 e. The number of aromatic nitrogens is 5. The third kappa shape index (κ3) is 4.38. The van der Waals surface area contributed by atoms with Gasteiger partial charge in [0.05, 0.1) is 23.3 Å². The van der Waals surface area contributed by atoms with Gasteiger partial charge in [0, 0.05) is 45.0 Å². The Morgan fingerprint density at radius 2 is 1.77 bits per heavy atom. The number of hydrogen-bond acceptors (Lipinski definition) is 7. The zero-order valence-corrected chi connectivity index (χ0v) is 20.7. The molecule has 0 aliphatic carbocycles. The van der Waals surface area contributed by atoms with Crippen LogP contribution in [0, 0.1) is 6.92 Å². The third-order valence-corrected chi connectivity index (χ3v) is 6.94. The highest BCUT2D eigenvalue weighted by Crippen LogP contribution is 2.31. The van der Waals surface area contributed by atoms with Crippen molar-refractivity contribution in [1.29, 1.82) is 0 Å². The van der Waals surface area contributed by atoms with E-state index in [9.17, 15) is 4.39 Å². The lowest BCUT2D eigenvalue weighted by molar-refractivity contribution is 0.0853. The molecule has 2 fully saturated rings. The highest BCUT2D eigenvalue weighted by Gasteiger charge is 2.27. The van der Waals surface area contributed by atoms with Crippen LogP contribution in [-0.4, -0.2) is 70.1 Å². The number of fused-ring (bicyclic) bond motifs is 2. The Balaban J connectivity index is 0.00000253. The maximum Gasteiger partial charge on any atom is 0.160 e. The summed E-state index contributed by atoms with van der Waals surface area (Å²) < 4.78 is 21.5. The van der Waals surface area contributed by atoms with E-state index in [1.54, 1.807) is 0 Å². The number of ether oxygens (including phenoxy) is 1. The first-order chi connectivity index (χ1) is 16.6. The molecule has 0 N–H and O–H groups in total. The quantitative estimate of drug-likeness (QED) is 0.417. The third-order valence-electron chi connectivity index (χ3n) is 6.94. The Morgan fingerprint density at radius 1 is 1.03 bits per heavy atom. The summed E-state index contributed by atoms with van der Waals surface area (Å²) in [6.45, 7) is 4.50. The van der Waals surface area contributed by atoms with Crippen molar-refractivity contribution in [3.63, 3.8) is 0 Å². The van der Waals surface area contributed by atoms with E-state index in [-0.39, 0.29) is 12.4 Å². The normalized spacial score (nSPS) is 18.8. The Hall–Kier alpha value is -3.04.